The van der Waals surface area contributed by atoms with Gasteiger partial charge < -0.3 is 5.32 Å². The second kappa shape index (κ2) is 4.96. The first-order chi connectivity index (χ1) is 5.88. The maximum Gasteiger partial charge on any atom is 0.275 e. The summed E-state index contributed by atoms with van der Waals surface area (Å²) in [5.74, 6) is -0.757. The molecule has 1 amide bonds. The molecule has 0 unspecified atom stereocenters. The molecule has 4 nitrogen and oxygen atoms in total. The summed E-state index contributed by atoms with van der Waals surface area (Å²) in [4.78, 5) is 10.9. The fourth-order valence-corrected chi connectivity index (χ4v) is 0.662. The van der Waals surface area contributed by atoms with Gasteiger partial charge in [0.2, 0.25) is 0 Å². The summed E-state index contributed by atoms with van der Waals surface area (Å²) in [5, 5.41) is 3.00. The molecule has 0 heterocycles. The predicted molar refractivity (Wildman–Crippen MR) is 52.7 cm³/mol. The Morgan fingerprint density at radius 2 is 2.00 bits per heavy atom. The molecular formula is C7H14FN3OS. The number of hydrazine groups is 1. The lowest BCUT2D eigenvalue weighted by atomic mass is 10.2. The molecule has 0 aliphatic rings. The Morgan fingerprint density at radius 1 is 1.46 bits per heavy atom. The minimum atomic E-state index is -1.91. The van der Waals surface area contributed by atoms with E-state index in [1.54, 1.807) is 0 Å². The van der Waals surface area contributed by atoms with Crippen LogP contribution in [0.2, 0.25) is 0 Å². The standard InChI is InChI=1S/C7H14FN3OS/c1-4-9-6(13)11-10-5(12)7(2,3)8/h4H2,1-3H3,(H,10,12)(H2,9,11,13). The van der Waals surface area contributed by atoms with Gasteiger partial charge in [-0.15, -0.1) is 0 Å². The summed E-state index contributed by atoms with van der Waals surface area (Å²) < 4.78 is 12.9. The second-order valence-corrected chi connectivity index (χ2v) is 3.32. The Morgan fingerprint density at radius 3 is 2.38 bits per heavy atom. The molecule has 0 atom stereocenters. The third kappa shape index (κ3) is 5.35. The lowest BCUT2D eigenvalue weighted by Gasteiger charge is -2.15. The summed E-state index contributed by atoms with van der Waals surface area (Å²) in [5.41, 5.74) is 2.60. The van der Waals surface area contributed by atoms with Crippen LogP contribution in [0.4, 0.5) is 4.39 Å². The summed E-state index contributed by atoms with van der Waals surface area (Å²) in [6, 6.07) is 0. The Bertz CT molecular complexity index is 202. The monoisotopic (exact) mass is 207 g/mol. The first-order valence-electron chi connectivity index (χ1n) is 3.91. The van der Waals surface area contributed by atoms with Crippen molar-refractivity contribution in [1.29, 1.82) is 0 Å². The molecule has 0 saturated carbocycles. The van der Waals surface area contributed by atoms with E-state index in [9.17, 15) is 9.18 Å². The van der Waals surface area contributed by atoms with Crippen LogP contribution in [0.15, 0.2) is 0 Å². The van der Waals surface area contributed by atoms with E-state index in [1.807, 2.05) is 6.92 Å². The average Bonchev–Trinajstić information content (AvgIpc) is 1.99. The van der Waals surface area contributed by atoms with Gasteiger partial charge in [-0.3, -0.25) is 15.6 Å². The summed E-state index contributed by atoms with van der Waals surface area (Å²) >= 11 is 4.74. The topological polar surface area (TPSA) is 53.2 Å². The highest BCUT2D eigenvalue weighted by Gasteiger charge is 2.26. The van der Waals surface area contributed by atoms with Crippen LogP contribution >= 0.6 is 12.2 Å². The molecule has 0 aromatic heterocycles. The zero-order valence-corrected chi connectivity index (χ0v) is 8.72. The first-order valence-corrected chi connectivity index (χ1v) is 4.32. The molecule has 0 fully saturated rings. The van der Waals surface area contributed by atoms with Crippen LogP contribution in [-0.4, -0.2) is 23.2 Å². The second-order valence-electron chi connectivity index (χ2n) is 2.91. The number of alkyl halides is 1. The van der Waals surface area contributed by atoms with E-state index in [4.69, 9.17) is 12.2 Å². The van der Waals surface area contributed by atoms with Crippen LogP contribution in [0.5, 0.6) is 0 Å². The lowest BCUT2D eigenvalue weighted by molar-refractivity contribution is -0.131. The SMILES string of the molecule is CCNC(=S)NNC(=O)C(C)(C)F. The summed E-state index contributed by atoms with van der Waals surface area (Å²) in [6.45, 7) is 4.83. The van der Waals surface area contributed by atoms with Crippen LogP contribution in [0.25, 0.3) is 0 Å². The van der Waals surface area contributed by atoms with Crippen molar-refractivity contribution < 1.29 is 9.18 Å². The first kappa shape index (κ1) is 12.1. The number of carbonyl (C=O) groups is 1. The largest absolute Gasteiger partial charge is 0.362 e. The average molecular weight is 207 g/mol. The van der Waals surface area contributed by atoms with E-state index in [2.05, 4.69) is 16.2 Å². The van der Waals surface area contributed by atoms with Crippen molar-refractivity contribution in [1.82, 2.24) is 16.2 Å². The molecule has 3 N–H and O–H groups in total. The van der Waals surface area contributed by atoms with Gasteiger partial charge in [0.05, 0.1) is 0 Å². The smallest absolute Gasteiger partial charge is 0.275 e. The van der Waals surface area contributed by atoms with Crippen molar-refractivity contribution in [2.24, 2.45) is 0 Å². The van der Waals surface area contributed by atoms with Crippen LogP contribution < -0.4 is 16.2 Å². The Kier molecular flexibility index (Phi) is 4.61. The van der Waals surface area contributed by atoms with Crippen LogP contribution in [-0.2, 0) is 4.79 Å². The maximum absolute atomic E-state index is 12.9. The maximum atomic E-state index is 12.9. The van der Waals surface area contributed by atoms with Gasteiger partial charge in [-0.1, -0.05) is 0 Å². The number of rotatable bonds is 2. The molecule has 0 bridgehead atoms. The van der Waals surface area contributed by atoms with Crippen molar-refractivity contribution >= 4 is 23.2 Å². The van der Waals surface area contributed by atoms with E-state index in [1.165, 1.54) is 13.8 Å². The van der Waals surface area contributed by atoms with E-state index < -0.39 is 11.6 Å². The molecule has 76 valence electrons. The Balaban J connectivity index is 3.77. The van der Waals surface area contributed by atoms with Crippen molar-refractivity contribution in [3.05, 3.63) is 0 Å². The highest BCUT2D eigenvalue weighted by atomic mass is 32.1. The van der Waals surface area contributed by atoms with E-state index in [0.717, 1.165) is 0 Å². The van der Waals surface area contributed by atoms with Crippen LogP contribution in [0, 0.1) is 0 Å². The quantitative estimate of drug-likeness (QED) is 0.449. The number of amides is 1. The number of carbonyl (C=O) groups excluding carboxylic acids is 1. The normalized spacial score (nSPS) is 10.5. The molecule has 0 saturated heterocycles. The van der Waals surface area contributed by atoms with Crippen LogP contribution in [0.1, 0.15) is 20.8 Å². The molecule has 0 aliphatic heterocycles. The van der Waals surface area contributed by atoms with Crippen molar-refractivity contribution in [3.63, 3.8) is 0 Å². The Hall–Kier alpha value is -0.910. The lowest BCUT2D eigenvalue weighted by Crippen LogP contribution is -2.51. The van der Waals surface area contributed by atoms with Gasteiger partial charge in [-0.25, -0.2) is 4.39 Å². The number of hydrogen-bond donors (Lipinski definition) is 3. The number of nitrogens with one attached hydrogen (secondary N) is 3. The zero-order valence-electron chi connectivity index (χ0n) is 7.90. The summed E-state index contributed by atoms with van der Waals surface area (Å²) in [6.07, 6.45) is 0. The van der Waals surface area contributed by atoms with Gasteiger partial charge in [-0.05, 0) is 33.0 Å². The molecule has 0 spiro atoms. The molecule has 0 rings (SSSR count). The molecule has 0 aromatic rings. The highest BCUT2D eigenvalue weighted by molar-refractivity contribution is 7.80. The Labute approximate surface area is 82.2 Å². The fraction of sp³-hybridized carbons (Fsp3) is 0.714. The van der Waals surface area contributed by atoms with E-state index >= 15 is 0 Å². The van der Waals surface area contributed by atoms with E-state index in [0.29, 0.717) is 6.54 Å². The third-order valence-corrected chi connectivity index (χ3v) is 1.41. The number of halogens is 1. The van der Waals surface area contributed by atoms with Gasteiger partial charge in [0.25, 0.3) is 5.91 Å². The zero-order chi connectivity index (χ0) is 10.5. The number of thiocarbonyl (C=S) groups is 1. The highest BCUT2D eigenvalue weighted by Crippen LogP contribution is 2.06. The van der Waals surface area contributed by atoms with Crippen molar-refractivity contribution in [2.45, 2.75) is 26.4 Å². The summed E-state index contributed by atoms with van der Waals surface area (Å²) in [7, 11) is 0. The van der Waals surface area contributed by atoms with Gasteiger partial charge in [0.15, 0.2) is 10.8 Å². The molecular weight excluding hydrogens is 193 g/mol. The molecule has 13 heavy (non-hydrogen) atoms. The van der Waals surface area contributed by atoms with E-state index in [-0.39, 0.29) is 5.11 Å². The van der Waals surface area contributed by atoms with Crippen LogP contribution in [0.3, 0.4) is 0 Å². The van der Waals surface area contributed by atoms with Gasteiger partial charge >= 0.3 is 0 Å². The molecule has 0 radical (unpaired) electrons. The predicted octanol–water partition coefficient (Wildman–Crippen LogP) is 0.250. The van der Waals surface area contributed by atoms with Gasteiger partial charge in [-0.2, -0.15) is 0 Å². The van der Waals surface area contributed by atoms with Gasteiger partial charge in [0, 0.05) is 6.54 Å². The molecule has 0 aromatic carbocycles. The molecule has 6 heteroatoms. The minimum Gasteiger partial charge on any atom is -0.362 e. The minimum absolute atomic E-state index is 0.264. The fourth-order valence-electron chi connectivity index (χ4n) is 0.467. The van der Waals surface area contributed by atoms with Gasteiger partial charge in [0.1, 0.15) is 0 Å². The van der Waals surface area contributed by atoms with Crippen molar-refractivity contribution in [2.75, 3.05) is 6.54 Å². The van der Waals surface area contributed by atoms with Crippen molar-refractivity contribution in [3.8, 4) is 0 Å². The third-order valence-electron chi connectivity index (χ3n) is 1.17. The molecule has 0 aliphatic carbocycles. The number of hydrogen-bond acceptors (Lipinski definition) is 2.